The van der Waals surface area contributed by atoms with E-state index in [9.17, 15) is 4.79 Å². The summed E-state index contributed by atoms with van der Waals surface area (Å²) < 4.78 is 9.86. The predicted octanol–water partition coefficient (Wildman–Crippen LogP) is 0.686. The Morgan fingerprint density at radius 3 is 2.93 bits per heavy atom. The van der Waals surface area contributed by atoms with E-state index in [2.05, 4.69) is 9.97 Å². The van der Waals surface area contributed by atoms with Gasteiger partial charge in [0.25, 0.3) is 0 Å². The molecule has 0 aromatic carbocycles. The quantitative estimate of drug-likeness (QED) is 0.678. The lowest BCUT2D eigenvalue weighted by atomic mass is 10.3. The highest BCUT2D eigenvalue weighted by molar-refractivity contribution is 6.29. The number of ether oxygens (including phenoxy) is 2. The van der Waals surface area contributed by atoms with E-state index in [0.29, 0.717) is 13.2 Å². The lowest BCUT2D eigenvalue weighted by Crippen LogP contribution is -2.38. The van der Waals surface area contributed by atoms with Gasteiger partial charge in [0, 0.05) is 0 Å². The third kappa shape index (κ3) is 2.00. The monoisotopic (exact) mass is 214 g/mol. The van der Waals surface area contributed by atoms with E-state index in [0.717, 1.165) is 0 Å². The van der Waals surface area contributed by atoms with Crippen molar-refractivity contribution in [3.05, 3.63) is 23.2 Å². The normalized spacial score (nSPS) is 16.1. The van der Waals surface area contributed by atoms with Crippen LogP contribution in [0.25, 0.3) is 0 Å². The minimum Gasteiger partial charge on any atom is -0.453 e. The second-order valence-electron chi connectivity index (χ2n) is 2.79. The molecular weight excluding hydrogens is 208 g/mol. The van der Waals surface area contributed by atoms with Gasteiger partial charge in [0.05, 0.1) is 25.6 Å². The van der Waals surface area contributed by atoms with Gasteiger partial charge in [-0.3, -0.25) is 4.98 Å². The fourth-order valence-corrected chi connectivity index (χ4v) is 1.08. The van der Waals surface area contributed by atoms with Crippen LogP contribution in [0.4, 0.5) is 0 Å². The fraction of sp³-hybridized carbons (Fsp3) is 0.375. The van der Waals surface area contributed by atoms with Crippen LogP contribution in [0, 0.1) is 0 Å². The number of nitrogens with zero attached hydrogens (tertiary/aromatic N) is 2. The van der Waals surface area contributed by atoms with Crippen molar-refractivity contribution in [1.82, 2.24) is 9.97 Å². The minimum atomic E-state index is -0.520. The maximum Gasteiger partial charge on any atom is 0.359 e. The summed E-state index contributed by atoms with van der Waals surface area (Å²) in [4.78, 5) is 18.9. The van der Waals surface area contributed by atoms with Crippen molar-refractivity contribution in [2.45, 2.75) is 6.10 Å². The van der Waals surface area contributed by atoms with Crippen LogP contribution in [0.3, 0.4) is 0 Å². The molecule has 1 aromatic rings. The molecule has 0 spiro atoms. The second-order valence-corrected chi connectivity index (χ2v) is 3.18. The number of esters is 1. The van der Waals surface area contributed by atoms with Crippen LogP contribution < -0.4 is 0 Å². The van der Waals surface area contributed by atoms with Gasteiger partial charge >= 0.3 is 5.97 Å². The van der Waals surface area contributed by atoms with E-state index in [1.54, 1.807) is 0 Å². The van der Waals surface area contributed by atoms with Crippen molar-refractivity contribution in [3.8, 4) is 0 Å². The van der Waals surface area contributed by atoms with Gasteiger partial charge in [-0.25, -0.2) is 9.78 Å². The zero-order valence-corrected chi connectivity index (χ0v) is 7.90. The third-order valence-corrected chi connectivity index (χ3v) is 1.88. The van der Waals surface area contributed by atoms with Crippen LogP contribution in [0.5, 0.6) is 0 Å². The fourth-order valence-electron chi connectivity index (χ4n) is 0.934. The van der Waals surface area contributed by atoms with Crippen molar-refractivity contribution in [1.29, 1.82) is 0 Å². The number of rotatable bonds is 2. The van der Waals surface area contributed by atoms with Crippen LogP contribution in [-0.4, -0.2) is 35.3 Å². The molecule has 1 fully saturated rings. The first-order valence-corrected chi connectivity index (χ1v) is 4.40. The molecule has 1 saturated heterocycles. The first-order chi connectivity index (χ1) is 6.75. The smallest absolute Gasteiger partial charge is 0.359 e. The van der Waals surface area contributed by atoms with Crippen molar-refractivity contribution >= 4 is 17.6 Å². The number of halogens is 1. The number of hydrogen-bond donors (Lipinski definition) is 0. The summed E-state index contributed by atoms with van der Waals surface area (Å²) in [5.74, 6) is -0.520. The highest BCUT2D eigenvalue weighted by Gasteiger charge is 2.24. The Labute approximate surface area is 85.0 Å². The molecule has 14 heavy (non-hydrogen) atoms. The van der Waals surface area contributed by atoms with Crippen LogP contribution in [0.2, 0.25) is 5.15 Å². The number of carbonyl (C=O) groups excluding carboxylic acids is 1. The Morgan fingerprint density at radius 2 is 2.36 bits per heavy atom. The van der Waals surface area contributed by atoms with Crippen molar-refractivity contribution in [3.63, 3.8) is 0 Å². The molecule has 2 rings (SSSR count). The van der Waals surface area contributed by atoms with Crippen molar-refractivity contribution < 1.29 is 14.3 Å². The summed E-state index contributed by atoms with van der Waals surface area (Å²) in [6, 6.07) is 0. The maximum atomic E-state index is 11.4. The van der Waals surface area contributed by atoms with Gasteiger partial charge in [-0.05, 0) is 0 Å². The molecule has 1 aromatic heterocycles. The average molecular weight is 215 g/mol. The SMILES string of the molecule is O=C(OC1COC1)c1cncc(Cl)n1. The van der Waals surface area contributed by atoms with E-state index >= 15 is 0 Å². The van der Waals surface area contributed by atoms with Gasteiger partial charge in [-0.1, -0.05) is 11.6 Å². The molecule has 0 bridgehead atoms. The van der Waals surface area contributed by atoms with Gasteiger partial charge in [-0.15, -0.1) is 0 Å². The van der Waals surface area contributed by atoms with Gasteiger partial charge in [0.15, 0.2) is 5.69 Å². The Kier molecular flexibility index (Phi) is 2.60. The van der Waals surface area contributed by atoms with Gasteiger partial charge in [0.1, 0.15) is 11.3 Å². The molecular formula is C8H7ClN2O3. The third-order valence-electron chi connectivity index (χ3n) is 1.70. The Balaban J connectivity index is 2.02. The molecule has 0 atom stereocenters. The minimum absolute atomic E-state index is 0.115. The highest BCUT2D eigenvalue weighted by Crippen LogP contribution is 2.09. The number of aromatic nitrogens is 2. The van der Waals surface area contributed by atoms with Gasteiger partial charge in [-0.2, -0.15) is 0 Å². The molecule has 6 heteroatoms. The highest BCUT2D eigenvalue weighted by atomic mass is 35.5. The largest absolute Gasteiger partial charge is 0.453 e. The van der Waals surface area contributed by atoms with Crippen molar-refractivity contribution in [2.24, 2.45) is 0 Å². The summed E-state index contributed by atoms with van der Waals surface area (Å²) >= 11 is 5.57. The van der Waals surface area contributed by atoms with Crippen LogP contribution in [-0.2, 0) is 9.47 Å². The first kappa shape index (κ1) is 9.36. The molecule has 0 radical (unpaired) electrons. The molecule has 1 aliphatic rings. The van der Waals surface area contributed by atoms with E-state index < -0.39 is 5.97 Å². The van der Waals surface area contributed by atoms with Crippen LogP contribution in [0.15, 0.2) is 12.4 Å². The predicted molar refractivity (Wildman–Crippen MR) is 47.1 cm³/mol. The summed E-state index contributed by atoms with van der Waals surface area (Å²) in [5, 5.41) is 0.171. The van der Waals surface area contributed by atoms with Gasteiger partial charge in [0.2, 0.25) is 0 Å². The van der Waals surface area contributed by atoms with Crippen LogP contribution >= 0.6 is 11.6 Å². The molecule has 5 nitrogen and oxygen atoms in total. The Hall–Kier alpha value is -1.20. The lowest BCUT2D eigenvalue weighted by molar-refractivity contribution is -0.103. The van der Waals surface area contributed by atoms with E-state index in [1.807, 2.05) is 0 Å². The first-order valence-electron chi connectivity index (χ1n) is 4.02. The molecule has 1 aliphatic heterocycles. The average Bonchev–Trinajstić information content (AvgIpc) is 2.11. The summed E-state index contributed by atoms with van der Waals surface area (Å²) in [5.41, 5.74) is 0.115. The molecule has 0 aliphatic carbocycles. The molecule has 0 unspecified atom stereocenters. The van der Waals surface area contributed by atoms with E-state index in [-0.39, 0.29) is 17.0 Å². The van der Waals surface area contributed by atoms with Crippen molar-refractivity contribution in [2.75, 3.05) is 13.2 Å². The van der Waals surface area contributed by atoms with E-state index in [1.165, 1.54) is 12.4 Å². The maximum absolute atomic E-state index is 11.4. The molecule has 0 N–H and O–H groups in total. The van der Waals surface area contributed by atoms with E-state index in [4.69, 9.17) is 21.1 Å². The Morgan fingerprint density at radius 1 is 1.57 bits per heavy atom. The number of carbonyl (C=O) groups is 1. The summed E-state index contributed by atoms with van der Waals surface area (Å²) in [7, 11) is 0. The summed E-state index contributed by atoms with van der Waals surface area (Å²) in [6.07, 6.45) is 2.50. The molecule has 0 amide bonds. The van der Waals surface area contributed by atoms with Gasteiger partial charge < -0.3 is 9.47 Å². The standard InChI is InChI=1S/C8H7ClN2O3/c9-7-2-10-1-6(11-7)8(12)14-5-3-13-4-5/h1-2,5H,3-4H2. The molecule has 74 valence electrons. The second kappa shape index (κ2) is 3.89. The molecule has 0 saturated carbocycles. The lowest BCUT2D eigenvalue weighted by Gasteiger charge is -2.25. The Bertz CT molecular complexity index is 354. The number of hydrogen-bond acceptors (Lipinski definition) is 5. The zero-order chi connectivity index (χ0) is 9.97. The van der Waals surface area contributed by atoms with Crippen LogP contribution in [0.1, 0.15) is 10.5 Å². The topological polar surface area (TPSA) is 61.3 Å². The molecule has 2 heterocycles. The summed E-state index contributed by atoms with van der Waals surface area (Å²) in [6.45, 7) is 0.888. The zero-order valence-electron chi connectivity index (χ0n) is 7.14.